The first-order valence-corrected chi connectivity index (χ1v) is 5.62. The van der Waals surface area contributed by atoms with E-state index in [1.807, 2.05) is 13.8 Å². The Bertz CT molecular complexity index is 340. The normalized spacial score (nSPS) is 19.9. The lowest BCUT2D eigenvalue weighted by Gasteiger charge is -2.26. The first-order valence-electron chi connectivity index (χ1n) is 5.62. The van der Waals surface area contributed by atoms with Crippen molar-refractivity contribution in [3.8, 4) is 0 Å². The van der Waals surface area contributed by atoms with Crippen molar-refractivity contribution in [3.05, 3.63) is 0 Å². The molecule has 1 unspecified atom stereocenters. The lowest BCUT2D eigenvalue weighted by atomic mass is 10.2. The van der Waals surface area contributed by atoms with Crippen molar-refractivity contribution in [2.24, 2.45) is 0 Å². The molecule has 6 nitrogen and oxygen atoms in total. The molecular formula is C11H18N2O4. The van der Waals surface area contributed by atoms with Gasteiger partial charge in [-0.25, -0.2) is 4.79 Å². The van der Waals surface area contributed by atoms with Crippen LogP contribution in [0.2, 0.25) is 0 Å². The molecule has 6 heteroatoms. The molecule has 2 amide bonds. The van der Waals surface area contributed by atoms with Crippen LogP contribution >= 0.6 is 0 Å². The van der Waals surface area contributed by atoms with E-state index in [4.69, 9.17) is 5.11 Å². The van der Waals surface area contributed by atoms with Crippen molar-refractivity contribution >= 4 is 17.8 Å². The van der Waals surface area contributed by atoms with Crippen LogP contribution in [0, 0.1) is 0 Å². The van der Waals surface area contributed by atoms with E-state index in [0.29, 0.717) is 0 Å². The van der Waals surface area contributed by atoms with Gasteiger partial charge in [0.15, 0.2) is 0 Å². The third kappa shape index (κ3) is 2.95. The van der Waals surface area contributed by atoms with Gasteiger partial charge in [0.25, 0.3) is 0 Å². The second kappa shape index (κ2) is 5.16. The highest BCUT2D eigenvalue weighted by Gasteiger charge is 2.37. The van der Waals surface area contributed by atoms with Crippen LogP contribution in [0.4, 0.5) is 0 Å². The molecule has 0 aromatic rings. The average Bonchev–Trinajstić information content (AvgIpc) is 2.59. The number of amides is 2. The first kappa shape index (κ1) is 13.5. The standard InChI is InChI=1S/C11H18N2O4/c1-7(2)12(3)10(15)6-13-8(11(16)17)4-5-9(13)14/h7-8H,4-6H2,1-3H3,(H,16,17). The highest BCUT2D eigenvalue weighted by molar-refractivity contribution is 5.91. The molecule has 0 aromatic carbocycles. The average molecular weight is 242 g/mol. The van der Waals surface area contributed by atoms with E-state index < -0.39 is 12.0 Å². The van der Waals surface area contributed by atoms with Gasteiger partial charge in [0.05, 0.1) is 0 Å². The molecule has 1 aliphatic heterocycles. The molecule has 0 aromatic heterocycles. The van der Waals surface area contributed by atoms with Gasteiger partial charge in [-0.2, -0.15) is 0 Å². The Kier molecular flexibility index (Phi) is 4.09. The van der Waals surface area contributed by atoms with Crippen molar-refractivity contribution < 1.29 is 19.5 Å². The van der Waals surface area contributed by atoms with Crippen LogP contribution in [0.1, 0.15) is 26.7 Å². The zero-order valence-corrected chi connectivity index (χ0v) is 10.3. The Morgan fingerprint density at radius 2 is 2.12 bits per heavy atom. The number of nitrogens with zero attached hydrogens (tertiary/aromatic N) is 2. The molecule has 1 aliphatic rings. The van der Waals surface area contributed by atoms with Crippen LogP contribution in [-0.2, 0) is 14.4 Å². The Hall–Kier alpha value is -1.59. The quantitative estimate of drug-likeness (QED) is 0.748. The summed E-state index contributed by atoms with van der Waals surface area (Å²) in [5, 5.41) is 8.94. The van der Waals surface area contributed by atoms with Crippen LogP contribution in [0.3, 0.4) is 0 Å². The van der Waals surface area contributed by atoms with Crippen molar-refractivity contribution in [1.82, 2.24) is 9.80 Å². The maximum absolute atomic E-state index is 11.8. The number of carboxylic acid groups (broad SMARTS) is 1. The summed E-state index contributed by atoms with van der Waals surface area (Å²) in [6.45, 7) is 3.57. The van der Waals surface area contributed by atoms with Gasteiger partial charge < -0.3 is 14.9 Å². The number of aliphatic carboxylic acids is 1. The number of rotatable bonds is 4. The van der Waals surface area contributed by atoms with E-state index in [9.17, 15) is 14.4 Å². The molecule has 0 saturated carbocycles. The van der Waals surface area contributed by atoms with E-state index in [1.165, 1.54) is 4.90 Å². The van der Waals surface area contributed by atoms with Gasteiger partial charge in [-0.3, -0.25) is 9.59 Å². The van der Waals surface area contributed by atoms with Crippen LogP contribution in [-0.4, -0.2) is 58.4 Å². The summed E-state index contributed by atoms with van der Waals surface area (Å²) in [4.78, 5) is 36.9. The minimum Gasteiger partial charge on any atom is -0.480 e. The minimum atomic E-state index is -1.05. The smallest absolute Gasteiger partial charge is 0.326 e. The van der Waals surface area contributed by atoms with E-state index in [1.54, 1.807) is 7.05 Å². The molecule has 1 saturated heterocycles. The molecule has 0 radical (unpaired) electrons. The number of likely N-dealkylation sites (N-methyl/N-ethyl adjacent to an activating group) is 1. The first-order chi connectivity index (χ1) is 7.84. The molecule has 0 aliphatic carbocycles. The third-order valence-electron chi connectivity index (χ3n) is 3.09. The van der Waals surface area contributed by atoms with Crippen molar-refractivity contribution in [2.75, 3.05) is 13.6 Å². The van der Waals surface area contributed by atoms with Crippen molar-refractivity contribution in [3.63, 3.8) is 0 Å². The number of carboxylic acids is 1. The van der Waals surface area contributed by atoms with E-state index in [0.717, 1.165) is 4.90 Å². The fourth-order valence-electron chi connectivity index (χ4n) is 1.73. The third-order valence-corrected chi connectivity index (χ3v) is 3.09. The molecular weight excluding hydrogens is 224 g/mol. The van der Waals surface area contributed by atoms with E-state index in [2.05, 4.69) is 0 Å². The second-order valence-electron chi connectivity index (χ2n) is 4.51. The number of carbonyl (C=O) groups is 3. The van der Waals surface area contributed by atoms with Crippen LogP contribution in [0.5, 0.6) is 0 Å². The molecule has 1 fully saturated rings. The van der Waals surface area contributed by atoms with Crippen molar-refractivity contribution in [1.29, 1.82) is 0 Å². The summed E-state index contributed by atoms with van der Waals surface area (Å²) in [5.74, 6) is -1.54. The second-order valence-corrected chi connectivity index (χ2v) is 4.51. The molecule has 96 valence electrons. The molecule has 1 N–H and O–H groups in total. The number of carbonyl (C=O) groups excluding carboxylic acids is 2. The van der Waals surface area contributed by atoms with Gasteiger partial charge >= 0.3 is 5.97 Å². The summed E-state index contributed by atoms with van der Waals surface area (Å²) in [5.41, 5.74) is 0. The lowest BCUT2D eigenvalue weighted by molar-refractivity contribution is -0.148. The van der Waals surface area contributed by atoms with Gasteiger partial charge in [0, 0.05) is 19.5 Å². The molecule has 1 atom stereocenters. The fourth-order valence-corrected chi connectivity index (χ4v) is 1.73. The predicted molar refractivity (Wildman–Crippen MR) is 60.3 cm³/mol. The Labute approximate surface area is 100 Å². The Morgan fingerprint density at radius 1 is 1.53 bits per heavy atom. The largest absolute Gasteiger partial charge is 0.480 e. The number of likely N-dealkylation sites (tertiary alicyclic amines) is 1. The highest BCUT2D eigenvalue weighted by atomic mass is 16.4. The predicted octanol–water partition coefficient (Wildman–Crippen LogP) is -0.0712. The summed E-state index contributed by atoms with van der Waals surface area (Å²) in [7, 11) is 1.64. The molecule has 1 heterocycles. The van der Waals surface area contributed by atoms with Crippen LogP contribution in [0.15, 0.2) is 0 Å². The van der Waals surface area contributed by atoms with Crippen LogP contribution in [0.25, 0.3) is 0 Å². The maximum Gasteiger partial charge on any atom is 0.326 e. The van der Waals surface area contributed by atoms with E-state index in [-0.39, 0.29) is 37.2 Å². The minimum absolute atomic E-state index is 0.0310. The van der Waals surface area contributed by atoms with Gasteiger partial charge in [0.1, 0.15) is 12.6 Å². The zero-order chi connectivity index (χ0) is 13.2. The number of hydrogen-bond donors (Lipinski definition) is 1. The summed E-state index contributed by atoms with van der Waals surface area (Å²) >= 11 is 0. The van der Waals surface area contributed by atoms with Gasteiger partial charge in [0.2, 0.25) is 11.8 Å². The topological polar surface area (TPSA) is 77.9 Å². The molecule has 0 spiro atoms. The SMILES string of the molecule is CC(C)N(C)C(=O)CN1C(=O)CCC1C(=O)O. The fraction of sp³-hybridized carbons (Fsp3) is 0.727. The monoisotopic (exact) mass is 242 g/mol. The summed E-state index contributed by atoms with van der Waals surface area (Å²) in [6, 6.07) is -0.824. The maximum atomic E-state index is 11.8. The highest BCUT2D eigenvalue weighted by Crippen LogP contribution is 2.18. The van der Waals surface area contributed by atoms with Gasteiger partial charge in [-0.15, -0.1) is 0 Å². The molecule has 0 bridgehead atoms. The van der Waals surface area contributed by atoms with Gasteiger partial charge in [-0.05, 0) is 20.3 Å². The summed E-state index contributed by atoms with van der Waals surface area (Å²) < 4.78 is 0. The van der Waals surface area contributed by atoms with Gasteiger partial charge in [-0.1, -0.05) is 0 Å². The summed E-state index contributed by atoms with van der Waals surface area (Å²) in [6.07, 6.45) is 0.489. The molecule has 1 rings (SSSR count). The van der Waals surface area contributed by atoms with Crippen LogP contribution < -0.4 is 0 Å². The van der Waals surface area contributed by atoms with Crippen molar-refractivity contribution in [2.45, 2.75) is 38.8 Å². The Balaban J connectivity index is 2.69. The lowest BCUT2D eigenvalue weighted by Crippen LogP contribution is -2.46. The number of hydrogen-bond acceptors (Lipinski definition) is 3. The van der Waals surface area contributed by atoms with E-state index >= 15 is 0 Å². The zero-order valence-electron chi connectivity index (χ0n) is 10.3. The molecule has 17 heavy (non-hydrogen) atoms. The Morgan fingerprint density at radius 3 is 2.59 bits per heavy atom.